The van der Waals surface area contributed by atoms with Crippen molar-refractivity contribution in [2.75, 3.05) is 0 Å². The third kappa shape index (κ3) is 4.00. The molecule has 0 bridgehead atoms. The van der Waals surface area contributed by atoms with Crippen molar-refractivity contribution < 1.29 is 0 Å². The van der Waals surface area contributed by atoms with Crippen LogP contribution in [0.15, 0.2) is 92.5 Å². The molecule has 5 aromatic rings. The van der Waals surface area contributed by atoms with Gasteiger partial charge in [0, 0.05) is 18.6 Å². The van der Waals surface area contributed by atoms with Crippen molar-refractivity contribution in [2.45, 2.75) is 13.8 Å². The Hall–Kier alpha value is -3.82. The van der Waals surface area contributed by atoms with Crippen molar-refractivity contribution in [3.63, 3.8) is 0 Å². The maximum Gasteiger partial charge on any atom is 0.297 e. The zero-order chi connectivity index (χ0) is 23.7. The van der Waals surface area contributed by atoms with E-state index in [-0.39, 0.29) is 5.56 Å². The van der Waals surface area contributed by atoms with Crippen LogP contribution in [0.1, 0.15) is 18.3 Å². The van der Waals surface area contributed by atoms with E-state index in [1.54, 1.807) is 26.9 Å². The summed E-state index contributed by atoms with van der Waals surface area (Å²) in [6.07, 6.45) is 1.75. The number of hydrogen-bond acceptors (Lipinski definition) is 6. The normalized spacial score (nSPS) is 12.4. The first-order chi connectivity index (χ1) is 16.5. The second kappa shape index (κ2) is 9.20. The van der Waals surface area contributed by atoms with Crippen LogP contribution in [0.3, 0.4) is 0 Å². The Morgan fingerprint density at radius 3 is 2.50 bits per heavy atom. The molecule has 170 valence electrons. The maximum absolute atomic E-state index is 13.4. The van der Waals surface area contributed by atoms with E-state index in [9.17, 15) is 4.79 Å². The van der Waals surface area contributed by atoms with E-state index in [1.807, 2.05) is 90.9 Å². The number of hydrogen-bond donors (Lipinski definition) is 0. The predicted molar refractivity (Wildman–Crippen MR) is 138 cm³/mol. The molecule has 0 unspecified atom stereocenters. The Kier molecular flexibility index (Phi) is 5.95. The summed E-state index contributed by atoms with van der Waals surface area (Å²) >= 11 is 3.09. The first kappa shape index (κ1) is 22.0. The molecule has 0 saturated heterocycles. The van der Waals surface area contributed by atoms with Gasteiger partial charge in [-0.15, -0.1) is 22.7 Å². The summed E-state index contributed by atoms with van der Waals surface area (Å²) in [5, 5.41) is 8.92. The Morgan fingerprint density at radius 1 is 1.00 bits per heavy atom. The van der Waals surface area contributed by atoms with Crippen molar-refractivity contribution in [3.8, 4) is 16.3 Å². The fourth-order valence-corrected chi connectivity index (χ4v) is 5.25. The van der Waals surface area contributed by atoms with Crippen LogP contribution in [0.2, 0.25) is 0 Å². The molecule has 4 heterocycles. The third-order valence-corrected chi connectivity index (χ3v) is 7.18. The minimum atomic E-state index is -0.172. The fraction of sp³-hybridized carbons (Fsp3) is 0.120. The Bertz CT molecular complexity index is 1590. The van der Waals surface area contributed by atoms with Gasteiger partial charge in [0.1, 0.15) is 0 Å². The summed E-state index contributed by atoms with van der Waals surface area (Å²) in [4.78, 5) is 24.3. The van der Waals surface area contributed by atoms with Gasteiger partial charge in [0.2, 0.25) is 4.80 Å². The van der Waals surface area contributed by atoms with Gasteiger partial charge in [-0.1, -0.05) is 30.3 Å². The molecule has 0 fully saturated rings. The Balaban J connectivity index is 1.72. The zero-order valence-electron chi connectivity index (χ0n) is 18.9. The highest BCUT2D eigenvalue weighted by Crippen LogP contribution is 2.26. The molecular weight excluding hydrogens is 464 g/mol. The van der Waals surface area contributed by atoms with Crippen LogP contribution in [-0.2, 0) is 7.05 Å². The highest BCUT2D eigenvalue weighted by Gasteiger charge is 2.17. The van der Waals surface area contributed by atoms with Gasteiger partial charge in [0.15, 0.2) is 5.69 Å². The SMILES string of the molecule is CC(=Nn1c(-c2cccs2)csc1=Nc1c(C)n(C)n(-c2ccccc2)c1=O)c1ccccn1. The minimum absolute atomic E-state index is 0.172. The molecule has 5 rings (SSSR count). The van der Waals surface area contributed by atoms with Gasteiger partial charge in [-0.2, -0.15) is 5.10 Å². The molecule has 0 radical (unpaired) electrons. The van der Waals surface area contributed by atoms with Gasteiger partial charge in [0.25, 0.3) is 5.56 Å². The summed E-state index contributed by atoms with van der Waals surface area (Å²) in [5.41, 5.74) is 4.25. The van der Waals surface area contributed by atoms with Crippen LogP contribution in [0, 0.1) is 6.92 Å². The summed E-state index contributed by atoms with van der Waals surface area (Å²) < 4.78 is 5.27. The molecule has 0 spiro atoms. The zero-order valence-corrected chi connectivity index (χ0v) is 20.5. The summed E-state index contributed by atoms with van der Waals surface area (Å²) in [7, 11) is 1.87. The molecule has 0 atom stereocenters. The van der Waals surface area contributed by atoms with Crippen LogP contribution >= 0.6 is 22.7 Å². The van der Waals surface area contributed by atoms with Crippen LogP contribution in [0.4, 0.5) is 5.69 Å². The second-order valence-corrected chi connectivity index (χ2v) is 9.40. The molecular formula is C25H22N6OS2. The van der Waals surface area contributed by atoms with Gasteiger partial charge in [0.05, 0.1) is 33.4 Å². The van der Waals surface area contributed by atoms with Crippen molar-refractivity contribution in [1.29, 1.82) is 0 Å². The molecule has 34 heavy (non-hydrogen) atoms. The largest absolute Gasteiger partial charge is 0.297 e. The van der Waals surface area contributed by atoms with E-state index in [2.05, 4.69) is 11.1 Å². The van der Waals surface area contributed by atoms with Crippen molar-refractivity contribution in [1.82, 2.24) is 19.0 Å². The summed E-state index contributed by atoms with van der Waals surface area (Å²) in [6.45, 7) is 3.82. The lowest BCUT2D eigenvalue weighted by atomic mass is 10.3. The molecule has 0 amide bonds. The fourth-order valence-electron chi connectivity index (χ4n) is 3.63. The third-order valence-electron chi connectivity index (χ3n) is 5.48. The molecule has 1 aromatic carbocycles. The van der Waals surface area contributed by atoms with Gasteiger partial charge >= 0.3 is 0 Å². The highest BCUT2D eigenvalue weighted by atomic mass is 32.1. The first-order valence-corrected chi connectivity index (χ1v) is 12.4. The number of aromatic nitrogens is 4. The van der Waals surface area contributed by atoms with Crippen LogP contribution < -0.4 is 10.4 Å². The first-order valence-electron chi connectivity index (χ1n) is 10.6. The number of nitrogens with zero attached hydrogens (tertiary/aromatic N) is 6. The molecule has 4 aromatic heterocycles. The number of thiophene rings is 1. The van der Waals surface area contributed by atoms with E-state index < -0.39 is 0 Å². The van der Waals surface area contributed by atoms with Crippen LogP contribution in [0.5, 0.6) is 0 Å². The quantitative estimate of drug-likeness (QED) is 0.329. The molecule has 0 aliphatic rings. The summed E-state index contributed by atoms with van der Waals surface area (Å²) in [5.74, 6) is 0. The van der Waals surface area contributed by atoms with E-state index in [0.717, 1.165) is 33.4 Å². The Morgan fingerprint density at radius 2 is 1.79 bits per heavy atom. The van der Waals surface area contributed by atoms with Crippen LogP contribution in [-0.4, -0.2) is 24.7 Å². The van der Waals surface area contributed by atoms with Gasteiger partial charge in [-0.05, 0) is 49.6 Å². The van der Waals surface area contributed by atoms with Gasteiger partial charge in [-0.25, -0.2) is 14.4 Å². The predicted octanol–water partition coefficient (Wildman–Crippen LogP) is 4.98. The number of para-hydroxylation sites is 1. The van der Waals surface area contributed by atoms with E-state index in [0.29, 0.717) is 10.5 Å². The lowest BCUT2D eigenvalue weighted by Gasteiger charge is -2.07. The molecule has 9 heteroatoms. The standard InChI is InChI=1S/C25H22N6OS2/c1-17(20-12-7-8-14-26-20)28-30-21(22-13-9-15-33-22)16-34-25(30)27-23-18(2)29(3)31(24(23)32)19-10-5-4-6-11-19/h4-16H,1-3H3. The van der Waals surface area contributed by atoms with E-state index >= 15 is 0 Å². The van der Waals surface area contributed by atoms with E-state index in [4.69, 9.17) is 10.1 Å². The molecule has 7 nitrogen and oxygen atoms in total. The highest BCUT2D eigenvalue weighted by molar-refractivity contribution is 7.14. The average Bonchev–Trinajstić information content (AvgIpc) is 3.57. The van der Waals surface area contributed by atoms with Gasteiger partial charge < -0.3 is 0 Å². The lowest BCUT2D eigenvalue weighted by molar-refractivity contribution is 0.630. The van der Waals surface area contributed by atoms with Crippen molar-refractivity contribution in [2.24, 2.45) is 17.1 Å². The van der Waals surface area contributed by atoms with Crippen LogP contribution in [0.25, 0.3) is 16.3 Å². The molecule has 0 aliphatic carbocycles. The van der Waals surface area contributed by atoms with E-state index in [1.165, 1.54) is 11.3 Å². The maximum atomic E-state index is 13.4. The topological polar surface area (TPSA) is 69.5 Å². The van der Waals surface area contributed by atoms with Crippen molar-refractivity contribution in [3.05, 3.63) is 104 Å². The average molecular weight is 487 g/mol. The minimum Gasteiger partial charge on any atom is -0.283 e. The molecule has 0 aliphatic heterocycles. The summed E-state index contributed by atoms with van der Waals surface area (Å²) in [6, 6.07) is 19.4. The number of benzene rings is 1. The van der Waals surface area contributed by atoms with Gasteiger partial charge in [-0.3, -0.25) is 14.5 Å². The van der Waals surface area contributed by atoms with Crippen molar-refractivity contribution >= 4 is 34.1 Å². The second-order valence-electron chi connectivity index (χ2n) is 7.61. The smallest absolute Gasteiger partial charge is 0.283 e. The lowest BCUT2D eigenvalue weighted by Crippen LogP contribution is -2.20. The number of thiazole rings is 1. The molecule has 0 saturated carbocycles. The Labute approximate surface area is 204 Å². The number of rotatable bonds is 5. The number of pyridine rings is 1. The molecule has 0 N–H and O–H groups in total. The monoisotopic (exact) mass is 486 g/mol.